The van der Waals surface area contributed by atoms with E-state index in [0.29, 0.717) is 24.4 Å². The van der Waals surface area contributed by atoms with Crippen molar-refractivity contribution in [3.8, 4) is 5.75 Å². The van der Waals surface area contributed by atoms with Gasteiger partial charge in [0, 0.05) is 37.8 Å². The summed E-state index contributed by atoms with van der Waals surface area (Å²) in [5.41, 5.74) is 1.84. The van der Waals surface area contributed by atoms with Gasteiger partial charge >= 0.3 is 0 Å². The second-order valence-corrected chi connectivity index (χ2v) is 7.71. The highest BCUT2D eigenvalue weighted by Gasteiger charge is 2.31. The van der Waals surface area contributed by atoms with Crippen molar-refractivity contribution >= 4 is 17.3 Å². The average molecular weight is 354 g/mol. The lowest BCUT2D eigenvalue weighted by Crippen LogP contribution is -2.47. The van der Waals surface area contributed by atoms with Gasteiger partial charge in [-0.15, -0.1) is 0 Å². The maximum absolute atomic E-state index is 12.6. The number of para-hydroxylation sites is 2. The summed E-state index contributed by atoms with van der Waals surface area (Å²) in [6, 6.07) is 7.94. The van der Waals surface area contributed by atoms with Crippen LogP contribution in [0.2, 0.25) is 0 Å². The minimum atomic E-state index is -0.322. The molecule has 26 heavy (non-hydrogen) atoms. The fourth-order valence-corrected chi connectivity index (χ4v) is 3.46. The second-order valence-electron chi connectivity index (χ2n) is 7.71. The summed E-state index contributed by atoms with van der Waals surface area (Å²) in [6.07, 6.45) is 3.03. The van der Waals surface area contributed by atoms with Crippen LogP contribution in [-0.2, 0) is 9.59 Å². The number of hydrogen-bond acceptors (Lipinski definition) is 5. The molecule has 0 saturated carbocycles. The molecule has 2 aliphatic rings. The fraction of sp³-hybridized carbons (Fsp3) is 0.429. The van der Waals surface area contributed by atoms with Crippen molar-refractivity contribution in [2.75, 3.05) is 38.2 Å². The summed E-state index contributed by atoms with van der Waals surface area (Å²) in [6.45, 7) is 8.80. The van der Waals surface area contributed by atoms with Crippen molar-refractivity contribution in [3.05, 3.63) is 47.7 Å². The van der Waals surface area contributed by atoms with Crippen LogP contribution in [0.3, 0.4) is 0 Å². The van der Waals surface area contributed by atoms with Gasteiger partial charge in [-0.05, 0) is 23.6 Å². The monoisotopic (exact) mass is 354 g/mol. The molecule has 0 atom stereocenters. The van der Waals surface area contributed by atoms with Crippen LogP contribution in [-0.4, -0.2) is 49.8 Å². The summed E-state index contributed by atoms with van der Waals surface area (Å²) in [4.78, 5) is 29.3. The van der Waals surface area contributed by atoms with E-state index in [1.807, 2.05) is 49.9 Å². The fourth-order valence-electron chi connectivity index (χ4n) is 3.46. The third-order valence-electron chi connectivity index (χ3n) is 4.92. The lowest BCUT2D eigenvalue weighted by molar-refractivity contribution is -0.116. The number of nitrogens with zero attached hydrogens (tertiary/aromatic N) is 2. The molecule has 1 aliphatic heterocycles. The van der Waals surface area contributed by atoms with Crippen molar-refractivity contribution in [2.24, 2.45) is 5.41 Å². The summed E-state index contributed by atoms with van der Waals surface area (Å²) < 4.78 is 5.44. The van der Waals surface area contributed by atoms with Gasteiger partial charge in [0.1, 0.15) is 5.75 Å². The SMILES string of the molecule is COc1ccccc1N1CCN(C2=CC(=O)C(C(C)(C)C)=CC2=O)CC1. The predicted octanol–water partition coefficient (Wildman–Crippen LogP) is 2.83. The van der Waals surface area contributed by atoms with E-state index in [1.54, 1.807) is 7.11 Å². The van der Waals surface area contributed by atoms with Gasteiger partial charge in [0.2, 0.25) is 5.78 Å². The molecule has 5 nitrogen and oxygen atoms in total. The molecule has 0 N–H and O–H groups in total. The van der Waals surface area contributed by atoms with Gasteiger partial charge in [0.15, 0.2) is 5.78 Å². The topological polar surface area (TPSA) is 49.9 Å². The number of rotatable bonds is 3. The van der Waals surface area contributed by atoms with Gasteiger partial charge in [-0.2, -0.15) is 0 Å². The first-order chi connectivity index (χ1) is 12.3. The number of anilines is 1. The number of benzene rings is 1. The van der Waals surface area contributed by atoms with Crippen LogP contribution in [0.4, 0.5) is 5.69 Å². The van der Waals surface area contributed by atoms with E-state index < -0.39 is 0 Å². The zero-order chi connectivity index (χ0) is 18.9. The Bertz CT molecular complexity index is 779. The summed E-state index contributed by atoms with van der Waals surface area (Å²) in [7, 11) is 1.67. The van der Waals surface area contributed by atoms with E-state index in [-0.39, 0.29) is 17.0 Å². The van der Waals surface area contributed by atoms with Crippen molar-refractivity contribution in [2.45, 2.75) is 20.8 Å². The Morgan fingerprint density at radius 2 is 1.50 bits per heavy atom. The molecule has 0 unspecified atom stereocenters. The van der Waals surface area contributed by atoms with Crippen molar-refractivity contribution in [1.82, 2.24) is 4.90 Å². The maximum atomic E-state index is 12.6. The van der Waals surface area contributed by atoms with E-state index >= 15 is 0 Å². The number of hydrogen-bond donors (Lipinski definition) is 0. The standard InChI is InChI=1S/C21H26N2O3/c1-21(2,3)15-13-19(25)17(14-18(15)24)23-11-9-22(10-12-23)16-7-5-6-8-20(16)26-4/h5-8,13-14H,9-12H2,1-4H3. The predicted molar refractivity (Wildman–Crippen MR) is 102 cm³/mol. The number of methoxy groups -OCH3 is 1. The van der Waals surface area contributed by atoms with E-state index in [2.05, 4.69) is 4.90 Å². The van der Waals surface area contributed by atoms with Crippen LogP contribution in [0.15, 0.2) is 47.7 Å². The molecule has 0 aromatic heterocycles. The van der Waals surface area contributed by atoms with Crippen molar-refractivity contribution in [1.29, 1.82) is 0 Å². The third kappa shape index (κ3) is 3.52. The molecule has 1 fully saturated rings. The Morgan fingerprint density at radius 1 is 0.885 bits per heavy atom. The number of allylic oxidation sites excluding steroid dienone is 3. The first kappa shape index (κ1) is 18.2. The molecule has 1 aliphatic carbocycles. The van der Waals surface area contributed by atoms with E-state index in [0.717, 1.165) is 24.5 Å². The number of ketones is 2. The largest absolute Gasteiger partial charge is 0.495 e. The van der Waals surface area contributed by atoms with Gasteiger partial charge in [0.25, 0.3) is 0 Å². The zero-order valence-electron chi connectivity index (χ0n) is 15.9. The Hall–Kier alpha value is -2.56. The lowest BCUT2D eigenvalue weighted by Gasteiger charge is -2.39. The molecule has 0 radical (unpaired) electrons. The molecule has 138 valence electrons. The minimum Gasteiger partial charge on any atom is -0.495 e. The van der Waals surface area contributed by atoms with E-state index in [1.165, 1.54) is 12.2 Å². The van der Waals surface area contributed by atoms with Crippen molar-refractivity contribution in [3.63, 3.8) is 0 Å². The van der Waals surface area contributed by atoms with Gasteiger partial charge in [-0.3, -0.25) is 9.59 Å². The summed E-state index contributed by atoms with van der Waals surface area (Å²) >= 11 is 0. The highest BCUT2D eigenvalue weighted by molar-refractivity contribution is 6.20. The molecule has 5 heteroatoms. The van der Waals surface area contributed by atoms with E-state index in [9.17, 15) is 9.59 Å². The first-order valence-electron chi connectivity index (χ1n) is 8.96. The third-order valence-corrected chi connectivity index (χ3v) is 4.92. The molecule has 1 aromatic rings. The van der Waals surface area contributed by atoms with Crippen LogP contribution in [0.5, 0.6) is 5.75 Å². The van der Waals surface area contributed by atoms with Crippen LogP contribution >= 0.6 is 0 Å². The van der Waals surface area contributed by atoms with Gasteiger partial charge in [-0.25, -0.2) is 0 Å². The zero-order valence-corrected chi connectivity index (χ0v) is 15.9. The minimum absolute atomic E-state index is 0.0562. The molecular weight excluding hydrogens is 328 g/mol. The highest BCUT2D eigenvalue weighted by Crippen LogP contribution is 2.32. The smallest absolute Gasteiger partial charge is 0.202 e. The van der Waals surface area contributed by atoms with Gasteiger partial charge in [0.05, 0.1) is 18.5 Å². The molecule has 0 spiro atoms. The molecule has 0 amide bonds. The average Bonchev–Trinajstić information content (AvgIpc) is 2.62. The molecule has 1 heterocycles. The first-order valence-corrected chi connectivity index (χ1v) is 8.96. The highest BCUT2D eigenvalue weighted by atomic mass is 16.5. The summed E-state index contributed by atoms with van der Waals surface area (Å²) in [5, 5.41) is 0. The lowest BCUT2D eigenvalue weighted by atomic mass is 9.80. The normalized spacial score (nSPS) is 18.6. The van der Waals surface area contributed by atoms with Crippen LogP contribution in [0, 0.1) is 5.41 Å². The Kier molecular flexibility index (Phi) is 4.90. The summed E-state index contributed by atoms with van der Waals surface area (Å²) in [5.74, 6) is 0.723. The van der Waals surface area contributed by atoms with Crippen LogP contribution in [0.25, 0.3) is 0 Å². The Morgan fingerprint density at radius 3 is 2.12 bits per heavy atom. The molecule has 1 saturated heterocycles. The number of ether oxygens (including phenoxy) is 1. The quantitative estimate of drug-likeness (QED) is 0.781. The second kappa shape index (κ2) is 6.98. The van der Waals surface area contributed by atoms with Crippen LogP contribution in [0.1, 0.15) is 20.8 Å². The van der Waals surface area contributed by atoms with Crippen LogP contribution < -0.4 is 9.64 Å². The molecular formula is C21H26N2O3. The Labute approximate surface area is 154 Å². The maximum Gasteiger partial charge on any atom is 0.202 e. The molecule has 0 bridgehead atoms. The number of carbonyl (C=O) groups is 2. The Balaban J connectivity index is 1.71. The molecule has 3 rings (SSSR count). The van der Waals surface area contributed by atoms with E-state index in [4.69, 9.17) is 4.74 Å². The molecule has 1 aromatic carbocycles. The van der Waals surface area contributed by atoms with Crippen molar-refractivity contribution < 1.29 is 14.3 Å². The number of piperazine rings is 1. The van der Waals surface area contributed by atoms with Gasteiger partial charge < -0.3 is 14.5 Å². The van der Waals surface area contributed by atoms with Gasteiger partial charge in [-0.1, -0.05) is 32.9 Å². The number of carbonyl (C=O) groups excluding carboxylic acids is 2.